The molecular formula is C16H17F2NO3S. The van der Waals surface area contributed by atoms with Gasteiger partial charge in [-0.05, 0) is 36.8 Å². The van der Waals surface area contributed by atoms with Crippen LogP contribution in [0.15, 0.2) is 47.4 Å². The number of likely N-dealkylation sites (N-methyl/N-ethyl adjacent to an activating group) is 1. The summed E-state index contributed by atoms with van der Waals surface area (Å²) in [6.07, 6.45) is -1.27. The fraction of sp³-hybridized carbons (Fsp3) is 0.250. The summed E-state index contributed by atoms with van der Waals surface area (Å²) >= 11 is 0. The Hall–Kier alpha value is -1.83. The molecule has 0 aliphatic carbocycles. The van der Waals surface area contributed by atoms with Crippen LogP contribution in [0.2, 0.25) is 0 Å². The Labute approximate surface area is 134 Å². The van der Waals surface area contributed by atoms with Crippen molar-refractivity contribution in [3.63, 3.8) is 0 Å². The van der Waals surface area contributed by atoms with Gasteiger partial charge < -0.3 is 5.11 Å². The van der Waals surface area contributed by atoms with Gasteiger partial charge in [0.25, 0.3) is 0 Å². The number of halogens is 2. The van der Waals surface area contributed by atoms with Crippen molar-refractivity contribution in [2.45, 2.75) is 17.9 Å². The molecule has 0 fully saturated rings. The summed E-state index contributed by atoms with van der Waals surface area (Å²) in [5.74, 6) is -2.12. The number of sulfonamides is 1. The molecule has 4 nitrogen and oxygen atoms in total. The van der Waals surface area contributed by atoms with Gasteiger partial charge in [-0.3, -0.25) is 0 Å². The second kappa shape index (κ2) is 6.74. The first-order valence-electron chi connectivity index (χ1n) is 6.88. The molecule has 1 atom stereocenters. The first-order chi connectivity index (χ1) is 10.7. The Bertz CT molecular complexity index is 791. The summed E-state index contributed by atoms with van der Waals surface area (Å²) in [6, 6.07) is 9.26. The van der Waals surface area contributed by atoms with Crippen molar-refractivity contribution in [1.82, 2.24) is 4.31 Å². The van der Waals surface area contributed by atoms with E-state index in [-0.39, 0.29) is 17.0 Å². The van der Waals surface area contributed by atoms with Crippen molar-refractivity contribution < 1.29 is 22.3 Å². The lowest BCUT2D eigenvalue weighted by atomic mass is 10.1. The molecule has 2 rings (SSSR count). The van der Waals surface area contributed by atoms with E-state index in [0.29, 0.717) is 0 Å². The maximum Gasteiger partial charge on any atom is 0.242 e. The standard InChI is InChI=1S/C16H17F2NO3S/c1-11-3-6-13(7-4-11)23(21,22)19(2)10-16(20)12-5-8-14(17)15(18)9-12/h3-9,16,20H,10H2,1-2H3. The molecule has 124 valence electrons. The quantitative estimate of drug-likeness (QED) is 0.909. The zero-order valence-corrected chi connectivity index (χ0v) is 13.5. The second-order valence-electron chi connectivity index (χ2n) is 5.29. The highest BCUT2D eigenvalue weighted by molar-refractivity contribution is 7.89. The van der Waals surface area contributed by atoms with Crippen molar-refractivity contribution in [1.29, 1.82) is 0 Å². The SMILES string of the molecule is Cc1ccc(S(=O)(=O)N(C)CC(O)c2ccc(F)c(F)c2)cc1. The van der Waals surface area contributed by atoms with Gasteiger partial charge in [-0.1, -0.05) is 23.8 Å². The Kier molecular flexibility index (Phi) is 5.13. The van der Waals surface area contributed by atoms with Crippen LogP contribution < -0.4 is 0 Å². The molecule has 0 aliphatic rings. The highest BCUT2D eigenvalue weighted by Gasteiger charge is 2.24. The van der Waals surface area contributed by atoms with Crippen LogP contribution >= 0.6 is 0 Å². The topological polar surface area (TPSA) is 57.6 Å². The van der Waals surface area contributed by atoms with Gasteiger partial charge in [0.15, 0.2) is 11.6 Å². The van der Waals surface area contributed by atoms with Crippen molar-refractivity contribution in [3.8, 4) is 0 Å². The van der Waals surface area contributed by atoms with Crippen LogP contribution in [0.4, 0.5) is 8.78 Å². The number of rotatable bonds is 5. The third-order valence-corrected chi connectivity index (χ3v) is 5.33. The highest BCUT2D eigenvalue weighted by Crippen LogP contribution is 2.21. The van der Waals surface area contributed by atoms with Crippen molar-refractivity contribution in [2.75, 3.05) is 13.6 Å². The monoisotopic (exact) mass is 341 g/mol. The van der Waals surface area contributed by atoms with Gasteiger partial charge in [0.2, 0.25) is 10.0 Å². The molecule has 2 aromatic carbocycles. The molecule has 2 aromatic rings. The minimum Gasteiger partial charge on any atom is -0.387 e. The molecule has 0 radical (unpaired) electrons. The summed E-state index contributed by atoms with van der Waals surface area (Å²) in [7, 11) is -2.45. The number of benzene rings is 2. The zero-order valence-electron chi connectivity index (χ0n) is 12.7. The number of hydrogen-bond donors (Lipinski definition) is 1. The van der Waals surface area contributed by atoms with Crippen LogP contribution in [-0.2, 0) is 10.0 Å². The Morgan fingerprint density at radius 1 is 1.09 bits per heavy atom. The number of aliphatic hydroxyl groups excluding tert-OH is 1. The fourth-order valence-electron chi connectivity index (χ4n) is 2.06. The van der Waals surface area contributed by atoms with E-state index in [2.05, 4.69) is 0 Å². The molecule has 0 aromatic heterocycles. The molecule has 1 N–H and O–H groups in total. The van der Waals surface area contributed by atoms with Crippen molar-refractivity contribution in [2.24, 2.45) is 0 Å². The van der Waals surface area contributed by atoms with Crippen LogP contribution in [0.5, 0.6) is 0 Å². The Morgan fingerprint density at radius 3 is 2.26 bits per heavy atom. The maximum absolute atomic E-state index is 13.2. The molecule has 0 saturated carbocycles. The molecule has 0 amide bonds. The summed E-state index contributed by atoms with van der Waals surface area (Å²) in [5, 5.41) is 10.1. The maximum atomic E-state index is 13.2. The minimum atomic E-state index is -3.77. The van der Waals surface area contributed by atoms with Gasteiger partial charge >= 0.3 is 0 Å². The molecule has 0 bridgehead atoms. The van der Waals surface area contributed by atoms with Gasteiger partial charge in [0, 0.05) is 13.6 Å². The lowest BCUT2D eigenvalue weighted by Gasteiger charge is -2.21. The molecule has 0 aliphatic heterocycles. The second-order valence-corrected chi connectivity index (χ2v) is 7.33. The average Bonchev–Trinajstić information content (AvgIpc) is 2.50. The largest absolute Gasteiger partial charge is 0.387 e. The zero-order chi connectivity index (χ0) is 17.2. The third-order valence-electron chi connectivity index (χ3n) is 3.49. The van der Waals surface area contributed by atoms with Gasteiger partial charge in [0.05, 0.1) is 11.0 Å². The lowest BCUT2D eigenvalue weighted by Crippen LogP contribution is -2.31. The molecule has 0 saturated heterocycles. The van der Waals surface area contributed by atoms with Crippen LogP contribution in [-0.4, -0.2) is 31.4 Å². The molecule has 0 spiro atoms. The number of hydrogen-bond acceptors (Lipinski definition) is 3. The van der Waals surface area contributed by atoms with Gasteiger partial charge in [-0.25, -0.2) is 17.2 Å². The number of aliphatic hydroxyl groups is 1. The van der Waals surface area contributed by atoms with Crippen LogP contribution in [0.3, 0.4) is 0 Å². The predicted molar refractivity (Wildman–Crippen MR) is 82.3 cm³/mol. The van der Waals surface area contributed by atoms with Gasteiger partial charge in [-0.2, -0.15) is 4.31 Å². The van der Waals surface area contributed by atoms with Crippen LogP contribution in [0, 0.1) is 18.6 Å². The van der Waals surface area contributed by atoms with E-state index in [0.717, 1.165) is 22.0 Å². The Balaban J connectivity index is 2.18. The highest BCUT2D eigenvalue weighted by atomic mass is 32.2. The van der Waals surface area contributed by atoms with E-state index < -0.39 is 27.8 Å². The summed E-state index contributed by atoms with van der Waals surface area (Å²) < 4.78 is 51.9. The first-order valence-corrected chi connectivity index (χ1v) is 8.32. The fourth-order valence-corrected chi connectivity index (χ4v) is 3.23. The molecule has 23 heavy (non-hydrogen) atoms. The van der Waals surface area contributed by atoms with Crippen LogP contribution in [0.1, 0.15) is 17.2 Å². The average molecular weight is 341 g/mol. The smallest absolute Gasteiger partial charge is 0.242 e. The molecular weight excluding hydrogens is 324 g/mol. The predicted octanol–water partition coefficient (Wildman–Crippen LogP) is 2.63. The first kappa shape index (κ1) is 17.5. The van der Waals surface area contributed by atoms with Crippen molar-refractivity contribution in [3.05, 3.63) is 65.2 Å². The molecule has 1 unspecified atom stereocenters. The molecule has 7 heteroatoms. The van der Waals surface area contributed by atoms with E-state index in [1.807, 2.05) is 6.92 Å². The van der Waals surface area contributed by atoms with Crippen LogP contribution in [0.25, 0.3) is 0 Å². The summed E-state index contributed by atoms with van der Waals surface area (Å²) in [6.45, 7) is 1.56. The lowest BCUT2D eigenvalue weighted by molar-refractivity contribution is 0.154. The third kappa shape index (κ3) is 3.93. The number of nitrogens with zero attached hydrogens (tertiary/aromatic N) is 1. The van der Waals surface area contributed by atoms with E-state index in [1.54, 1.807) is 12.1 Å². The van der Waals surface area contributed by atoms with E-state index in [1.165, 1.54) is 25.2 Å². The van der Waals surface area contributed by atoms with Gasteiger partial charge in [0.1, 0.15) is 0 Å². The minimum absolute atomic E-state index is 0.100. The van der Waals surface area contributed by atoms with E-state index >= 15 is 0 Å². The van der Waals surface area contributed by atoms with Gasteiger partial charge in [-0.15, -0.1) is 0 Å². The molecule has 0 heterocycles. The van der Waals surface area contributed by atoms with E-state index in [4.69, 9.17) is 0 Å². The normalized spacial score (nSPS) is 13.3. The van der Waals surface area contributed by atoms with Crippen molar-refractivity contribution >= 4 is 10.0 Å². The summed E-state index contributed by atoms with van der Waals surface area (Å²) in [4.78, 5) is 0.100. The summed E-state index contributed by atoms with van der Waals surface area (Å²) in [5.41, 5.74) is 1.03. The van der Waals surface area contributed by atoms with E-state index in [9.17, 15) is 22.3 Å². The Morgan fingerprint density at radius 2 is 1.70 bits per heavy atom. The number of aryl methyl sites for hydroxylation is 1.